The molecule has 0 saturated heterocycles. The van der Waals surface area contributed by atoms with Crippen molar-refractivity contribution in [3.8, 4) is 0 Å². The quantitative estimate of drug-likeness (QED) is 0.750. The predicted molar refractivity (Wildman–Crippen MR) is 104 cm³/mol. The number of hydrogen-bond donors (Lipinski definition) is 2. The van der Waals surface area contributed by atoms with E-state index in [9.17, 15) is 9.59 Å². The average molecular weight is 364 g/mol. The van der Waals surface area contributed by atoms with Gasteiger partial charge in [-0.2, -0.15) is 0 Å². The summed E-state index contributed by atoms with van der Waals surface area (Å²) in [4.78, 5) is 29.8. The molecule has 2 N–H and O–H groups in total. The Morgan fingerprint density at radius 3 is 2.93 bits per heavy atom. The van der Waals surface area contributed by atoms with Crippen LogP contribution >= 0.6 is 0 Å². The number of aryl methyl sites for hydroxylation is 1. The number of aromatic nitrogens is 3. The van der Waals surface area contributed by atoms with Crippen LogP contribution in [0.15, 0.2) is 41.3 Å². The average Bonchev–Trinajstić information content (AvgIpc) is 3.10. The third-order valence-corrected chi connectivity index (χ3v) is 5.64. The lowest BCUT2D eigenvalue weighted by Gasteiger charge is -2.37. The van der Waals surface area contributed by atoms with Crippen LogP contribution in [-0.2, 0) is 16.6 Å². The summed E-state index contributed by atoms with van der Waals surface area (Å²) in [5, 5.41) is 5.97. The molecule has 0 radical (unpaired) electrons. The first-order chi connectivity index (χ1) is 12.9. The van der Waals surface area contributed by atoms with Crippen molar-refractivity contribution in [2.45, 2.75) is 51.5 Å². The summed E-state index contributed by atoms with van der Waals surface area (Å²) in [6.45, 7) is 6.26. The molecular weight excluding hydrogens is 340 g/mol. The van der Waals surface area contributed by atoms with E-state index < -0.39 is 0 Å². The summed E-state index contributed by atoms with van der Waals surface area (Å²) < 4.78 is 1.37. The van der Waals surface area contributed by atoms with Crippen molar-refractivity contribution in [1.29, 1.82) is 0 Å². The van der Waals surface area contributed by atoms with Crippen LogP contribution in [0.2, 0.25) is 0 Å². The number of fused-ring (bicyclic) bond motifs is 2. The molecule has 140 valence electrons. The summed E-state index contributed by atoms with van der Waals surface area (Å²) in [6.07, 6.45) is 3.59. The molecule has 0 spiro atoms. The number of carbonyl (C=O) groups excluding carboxylic acids is 1. The van der Waals surface area contributed by atoms with Crippen molar-refractivity contribution in [3.63, 3.8) is 0 Å². The third-order valence-electron chi connectivity index (χ3n) is 5.64. The minimum atomic E-state index is -0.220. The van der Waals surface area contributed by atoms with Gasteiger partial charge in [-0.15, -0.1) is 0 Å². The molecular formula is C21H24N4O2. The van der Waals surface area contributed by atoms with Gasteiger partial charge in [0, 0.05) is 23.5 Å². The number of rotatable bonds is 3. The third kappa shape index (κ3) is 3.05. The Balaban J connectivity index is 1.58. The molecule has 1 aliphatic carbocycles. The fraction of sp³-hybridized carbons (Fsp3) is 0.381. The molecule has 1 atom stereocenters. The Labute approximate surface area is 157 Å². The van der Waals surface area contributed by atoms with Gasteiger partial charge < -0.3 is 5.32 Å². The molecule has 4 rings (SSSR count). The van der Waals surface area contributed by atoms with E-state index in [4.69, 9.17) is 0 Å². The molecule has 2 aromatic heterocycles. The van der Waals surface area contributed by atoms with Gasteiger partial charge in [-0.25, -0.2) is 9.50 Å². The first-order valence-corrected chi connectivity index (χ1v) is 9.31. The number of nitrogens with one attached hydrogen (secondary N) is 2. The fourth-order valence-electron chi connectivity index (χ4n) is 4.08. The Hall–Kier alpha value is -2.89. The van der Waals surface area contributed by atoms with Crippen LogP contribution in [0.1, 0.15) is 55.1 Å². The van der Waals surface area contributed by atoms with Gasteiger partial charge in [0.25, 0.3) is 5.56 Å². The van der Waals surface area contributed by atoms with Crippen molar-refractivity contribution in [2.75, 3.05) is 0 Å². The molecule has 1 amide bonds. The number of H-pyrrole nitrogens is 1. The van der Waals surface area contributed by atoms with E-state index in [1.54, 1.807) is 19.2 Å². The SMILES string of the molecule is Cc1nc2cc[nH]n2c(=O)c1CC(=O)NC1CCC(C)(C)c2ccccc21. The van der Waals surface area contributed by atoms with Crippen LogP contribution in [0.3, 0.4) is 0 Å². The summed E-state index contributed by atoms with van der Waals surface area (Å²) in [5.74, 6) is -0.150. The zero-order valence-corrected chi connectivity index (χ0v) is 15.9. The highest BCUT2D eigenvalue weighted by molar-refractivity contribution is 5.79. The standard InChI is InChI=1S/C21H24N4O2/c1-13-15(20(27)25-18(23-13)9-11-22-25)12-19(26)24-17-8-10-21(2,3)16-7-5-4-6-14(16)17/h4-7,9,11,17,22H,8,10,12H2,1-3H3,(H,24,26). The van der Waals surface area contributed by atoms with E-state index in [0.717, 1.165) is 12.8 Å². The Bertz CT molecular complexity index is 1080. The highest BCUT2D eigenvalue weighted by atomic mass is 16.2. The minimum absolute atomic E-state index is 0.0213. The molecule has 2 heterocycles. The largest absolute Gasteiger partial charge is 0.349 e. The first-order valence-electron chi connectivity index (χ1n) is 9.31. The predicted octanol–water partition coefficient (Wildman–Crippen LogP) is 2.80. The van der Waals surface area contributed by atoms with Crippen LogP contribution in [-0.4, -0.2) is 20.5 Å². The van der Waals surface area contributed by atoms with Gasteiger partial charge in [-0.3, -0.25) is 14.7 Å². The number of nitrogens with zero attached hydrogens (tertiary/aromatic N) is 2. The topological polar surface area (TPSA) is 79.3 Å². The zero-order valence-electron chi connectivity index (χ0n) is 15.9. The molecule has 6 nitrogen and oxygen atoms in total. The van der Waals surface area contributed by atoms with Crippen molar-refractivity contribution in [3.05, 3.63) is 69.3 Å². The molecule has 0 bridgehead atoms. The molecule has 3 aromatic rings. The van der Waals surface area contributed by atoms with Crippen molar-refractivity contribution < 1.29 is 4.79 Å². The highest BCUT2D eigenvalue weighted by Crippen LogP contribution is 2.41. The molecule has 1 aromatic carbocycles. The molecule has 0 fully saturated rings. The van der Waals surface area contributed by atoms with Gasteiger partial charge in [-0.1, -0.05) is 38.1 Å². The maximum Gasteiger partial charge on any atom is 0.276 e. The number of amides is 1. The molecule has 6 heteroatoms. The van der Waals surface area contributed by atoms with E-state index >= 15 is 0 Å². The molecule has 27 heavy (non-hydrogen) atoms. The van der Waals surface area contributed by atoms with Crippen molar-refractivity contribution >= 4 is 11.6 Å². The van der Waals surface area contributed by atoms with Gasteiger partial charge in [-0.05, 0) is 36.3 Å². The minimum Gasteiger partial charge on any atom is -0.349 e. The fourth-order valence-corrected chi connectivity index (χ4v) is 4.08. The summed E-state index contributed by atoms with van der Waals surface area (Å²) >= 11 is 0. The molecule has 1 unspecified atom stereocenters. The lowest BCUT2D eigenvalue weighted by molar-refractivity contribution is -0.121. The maximum absolute atomic E-state index is 12.7. The van der Waals surface area contributed by atoms with Gasteiger partial charge in [0.1, 0.15) is 0 Å². The lowest BCUT2D eigenvalue weighted by atomic mass is 9.71. The van der Waals surface area contributed by atoms with Crippen LogP contribution in [0.4, 0.5) is 0 Å². The second-order valence-corrected chi connectivity index (χ2v) is 7.94. The van der Waals surface area contributed by atoms with Gasteiger partial charge >= 0.3 is 0 Å². The van der Waals surface area contributed by atoms with E-state index in [2.05, 4.69) is 41.4 Å². The second-order valence-electron chi connectivity index (χ2n) is 7.94. The van der Waals surface area contributed by atoms with Crippen LogP contribution in [0.5, 0.6) is 0 Å². The number of benzene rings is 1. The van der Waals surface area contributed by atoms with Crippen molar-refractivity contribution in [1.82, 2.24) is 19.9 Å². The second kappa shape index (κ2) is 6.37. The van der Waals surface area contributed by atoms with Gasteiger partial charge in [0.15, 0.2) is 5.65 Å². The Kier molecular flexibility index (Phi) is 4.13. The van der Waals surface area contributed by atoms with Crippen LogP contribution < -0.4 is 10.9 Å². The summed E-state index contributed by atoms with van der Waals surface area (Å²) in [7, 11) is 0. The highest BCUT2D eigenvalue weighted by Gasteiger charge is 2.33. The van der Waals surface area contributed by atoms with E-state index in [-0.39, 0.29) is 29.3 Å². The lowest BCUT2D eigenvalue weighted by Crippen LogP contribution is -2.37. The van der Waals surface area contributed by atoms with E-state index in [1.807, 2.05) is 12.1 Å². The molecule has 1 aliphatic rings. The maximum atomic E-state index is 12.7. The number of carbonyl (C=O) groups is 1. The van der Waals surface area contributed by atoms with E-state index in [0.29, 0.717) is 16.9 Å². The summed E-state index contributed by atoms with van der Waals surface area (Å²) in [5.41, 5.74) is 3.93. The van der Waals surface area contributed by atoms with Crippen molar-refractivity contribution in [2.24, 2.45) is 0 Å². The molecule has 0 saturated carbocycles. The van der Waals surface area contributed by atoms with Gasteiger partial charge in [0.2, 0.25) is 5.91 Å². The normalized spacial score (nSPS) is 18.3. The van der Waals surface area contributed by atoms with Gasteiger partial charge in [0.05, 0.1) is 12.5 Å². The number of aromatic amines is 1. The summed E-state index contributed by atoms with van der Waals surface area (Å²) in [6, 6.07) is 10.0. The monoisotopic (exact) mass is 364 g/mol. The number of hydrogen-bond acceptors (Lipinski definition) is 3. The van der Waals surface area contributed by atoms with E-state index in [1.165, 1.54) is 15.6 Å². The van der Waals surface area contributed by atoms with Crippen LogP contribution in [0.25, 0.3) is 5.65 Å². The first kappa shape index (κ1) is 17.5. The van der Waals surface area contributed by atoms with Crippen LogP contribution in [0, 0.1) is 6.92 Å². The Morgan fingerprint density at radius 2 is 2.11 bits per heavy atom. The zero-order chi connectivity index (χ0) is 19.2. The smallest absolute Gasteiger partial charge is 0.276 e. The Morgan fingerprint density at radius 1 is 1.33 bits per heavy atom. The molecule has 0 aliphatic heterocycles.